The Labute approximate surface area is 130 Å². The fourth-order valence-corrected chi connectivity index (χ4v) is 1.90. The molecule has 3 aromatic rings. The Hall–Kier alpha value is -2.95. The van der Waals surface area contributed by atoms with E-state index in [0.717, 1.165) is 22.6 Å². The highest BCUT2D eigenvalue weighted by Crippen LogP contribution is 2.17. The van der Waals surface area contributed by atoms with E-state index in [1.807, 2.05) is 79.7 Å². The van der Waals surface area contributed by atoms with E-state index in [2.05, 4.69) is 10.2 Å². The van der Waals surface area contributed by atoms with Crippen LogP contribution in [0.5, 0.6) is 0 Å². The molecule has 0 bridgehead atoms. The van der Waals surface area contributed by atoms with Gasteiger partial charge in [0, 0.05) is 37.1 Å². The van der Waals surface area contributed by atoms with Gasteiger partial charge in [0.1, 0.15) is 5.82 Å². The van der Waals surface area contributed by atoms with Crippen molar-refractivity contribution in [2.75, 3.05) is 30.5 Å². The smallest absolute Gasteiger partial charge is 0.119 e. The lowest BCUT2D eigenvalue weighted by Gasteiger charge is -2.11. The zero-order valence-corrected chi connectivity index (χ0v) is 12.8. The molecule has 22 heavy (non-hydrogen) atoms. The maximum atomic E-state index is 5.57. The normalized spacial score (nSPS) is 9.73. The minimum atomic E-state index is 0.592. The lowest BCUT2D eigenvalue weighted by molar-refractivity contribution is 1.10. The summed E-state index contributed by atoms with van der Waals surface area (Å²) in [5.41, 5.74) is 15.0. The SMILES string of the molecule is CN(C)c1cccc(N)c1.Nc1cc(-c2ccccc2)n[nH]1. The molecule has 0 saturated heterocycles. The van der Waals surface area contributed by atoms with Gasteiger partial charge in [0.2, 0.25) is 0 Å². The highest BCUT2D eigenvalue weighted by atomic mass is 15.2. The average Bonchev–Trinajstić information content (AvgIpc) is 2.95. The lowest BCUT2D eigenvalue weighted by atomic mass is 10.2. The van der Waals surface area contributed by atoms with Crippen molar-refractivity contribution in [1.82, 2.24) is 10.2 Å². The Bertz CT molecular complexity index is 704. The van der Waals surface area contributed by atoms with Crippen molar-refractivity contribution in [3.05, 3.63) is 60.7 Å². The third kappa shape index (κ3) is 4.28. The molecule has 0 amide bonds. The Balaban J connectivity index is 0.000000164. The number of anilines is 3. The molecule has 5 nitrogen and oxygen atoms in total. The molecule has 3 rings (SSSR count). The zero-order chi connectivity index (χ0) is 15.9. The molecule has 1 aromatic heterocycles. The van der Waals surface area contributed by atoms with Crippen molar-refractivity contribution in [3.8, 4) is 11.3 Å². The van der Waals surface area contributed by atoms with Crippen LogP contribution in [-0.4, -0.2) is 24.3 Å². The minimum absolute atomic E-state index is 0.592. The number of benzene rings is 2. The Morgan fingerprint density at radius 1 is 0.909 bits per heavy atom. The topological polar surface area (TPSA) is 84.0 Å². The predicted octanol–water partition coefficient (Wildman–Crippen LogP) is 2.99. The molecule has 5 N–H and O–H groups in total. The number of aromatic amines is 1. The Kier molecular flexibility index (Phi) is 5.03. The van der Waals surface area contributed by atoms with E-state index >= 15 is 0 Å². The molecule has 0 aliphatic heterocycles. The molecule has 0 spiro atoms. The number of hydrogen-bond donors (Lipinski definition) is 3. The quantitative estimate of drug-likeness (QED) is 0.635. The van der Waals surface area contributed by atoms with Crippen LogP contribution in [0.15, 0.2) is 60.7 Å². The van der Waals surface area contributed by atoms with Crippen molar-refractivity contribution in [1.29, 1.82) is 0 Å². The molecule has 2 aromatic carbocycles. The summed E-state index contributed by atoms with van der Waals surface area (Å²) in [6.45, 7) is 0. The Morgan fingerprint density at radius 3 is 2.14 bits per heavy atom. The van der Waals surface area contributed by atoms with Gasteiger partial charge in [0.25, 0.3) is 0 Å². The zero-order valence-electron chi connectivity index (χ0n) is 12.8. The van der Waals surface area contributed by atoms with Crippen LogP contribution in [0.25, 0.3) is 11.3 Å². The van der Waals surface area contributed by atoms with Crippen LogP contribution in [-0.2, 0) is 0 Å². The first-order valence-electron chi connectivity index (χ1n) is 6.95. The van der Waals surface area contributed by atoms with Gasteiger partial charge in [0.15, 0.2) is 0 Å². The fourth-order valence-electron chi connectivity index (χ4n) is 1.90. The monoisotopic (exact) mass is 295 g/mol. The molecule has 0 radical (unpaired) electrons. The summed E-state index contributed by atoms with van der Waals surface area (Å²) in [7, 11) is 3.99. The number of nitrogen functional groups attached to an aromatic ring is 2. The summed E-state index contributed by atoms with van der Waals surface area (Å²) in [4.78, 5) is 2.02. The van der Waals surface area contributed by atoms with Crippen LogP contribution in [0.4, 0.5) is 17.2 Å². The summed E-state index contributed by atoms with van der Waals surface area (Å²) < 4.78 is 0. The van der Waals surface area contributed by atoms with Gasteiger partial charge >= 0.3 is 0 Å². The van der Waals surface area contributed by atoms with E-state index in [1.165, 1.54) is 0 Å². The van der Waals surface area contributed by atoms with Crippen molar-refractivity contribution < 1.29 is 0 Å². The minimum Gasteiger partial charge on any atom is -0.399 e. The van der Waals surface area contributed by atoms with Gasteiger partial charge in [-0.1, -0.05) is 36.4 Å². The molecule has 0 aliphatic rings. The van der Waals surface area contributed by atoms with Gasteiger partial charge in [-0.15, -0.1) is 0 Å². The number of H-pyrrole nitrogens is 1. The maximum absolute atomic E-state index is 5.57. The number of nitrogens with one attached hydrogen (secondary N) is 1. The van der Waals surface area contributed by atoms with E-state index < -0.39 is 0 Å². The molecule has 0 saturated carbocycles. The lowest BCUT2D eigenvalue weighted by Crippen LogP contribution is -2.08. The first-order valence-corrected chi connectivity index (χ1v) is 6.95. The van der Waals surface area contributed by atoms with Crippen LogP contribution in [0, 0.1) is 0 Å². The van der Waals surface area contributed by atoms with E-state index in [0.29, 0.717) is 5.82 Å². The first-order chi connectivity index (χ1) is 10.6. The molecular formula is C17H21N5. The predicted molar refractivity (Wildman–Crippen MR) is 93.6 cm³/mol. The number of rotatable bonds is 2. The summed E-state index contributed by atoms with van der Waals surface area (Å²) in [6, 6.07) is 19.5. The fraction of sp³-hybridized carbons (Fsp3) is 0.118. The molecule has 0 atom stereocenters. The molecule has 1 heterocycles. The van der Waals surface area contributed by atoms with E-state index in [-0.39, 0.29) is 0 Å². The third-order valence-corrected chi connectivity index (χ3v) is 3.05. The van der Waals surface area contributed by atoms with Gasteiger partial charge < -0.3 is 16.4 Å². The van der Waals surface area contributed by atoms with Crippen molar-refractivity contribution >= 4 is 17.2 Å². The third-order valence-electron chi connectivity index (χ3n) is 3.05. The van der Waals surface area contributed by atoms with Crippen LogP contribution < -0.4 is 16.4 Å². The van der Waals surface area contributed by atoms with Crippen molar-refractivity contribution in [2.45, 2.75) is 0 Å². The molecular weight excluding hydrogens is 274 g/mol. The second-order valence-electron chi connectivity index (χ2n) is 5.06. The molecule has 0 fully saturated rings. The van der Waals surface area contributed by atoms with Gasteiger partial charge in [-0.05, 0) is 18.2 Å². The molecule has 0 unspecified atom stereocenters. The summed E-state index contributed by atoms with van der Waals surface area (Å²) in [5, 5.41) is 6.73. The summed E-state index contributed by atoms with van der Waals surface area (Å²) in [6.07, 6.45) is 0. The largest absolute Gasteiger partial charge is 0.399 e. The first kappa shape index (κ1) is 15.4. The Morgan fingerprint density at radius 2 is 1.64 bits per heavy atom. The van der Waals surface area contributed by atoms with Gasteiger partial charge in [-0.2, -0.15) is 5.10 Å². The van der Waals surface area contributed by atoms with E-state index in [1.54, 1.807) is 0 Å². The molecule has 114 valence electrons. The second-order valence-corrected chi connectivity index (χ2v) is 5.06. The van der Waals surface area contributed by atoms with E-state index in [4.69, 9.17) is 11.5 Å². The number of hydrogen-bond acceptors (Lipinski definition) is 4. The maximum Gasteiger partial charge on any atom is 0.119 e. The van der Waals surface area contributed by atoms with Gasteiger partial charge in [0.05, 0.1) is 5.69 Å². The highest BCUT2D eigenvalue weighted by molar-refractivity contribution is 5.61. The van der Waals surface area contributed by atoms with Gasteiger partial charge in [-0.3, -0.25) is 5.10 Å². The summed E-state index contributed by atoms with van der Waals surface area (Å²) >= 11 is 0. The number of nitrogens with zero attached hydrogens (tertiary/aromatic N) is 2. The second kappa shape index (κ2) is 7.17. The number of nitrogens with two attached hydrogens (primary N) is 2. The molecule has 5 heteroatoms. The van der Waals surface area contributed by atoms with Crippen LogP contribution in [0.3, 0.4) is 0 Å². The van der Waals surface area contributed by atoms with Crippen molar-refractivity contribution in [3.63, 3.8) is 0 Å². The molecule has 0 aliphatic carbocycles. The standard InChI is InChI=1S/C9H9N3.C8H12N2/c10-9-6-8(11-12-9)7-4-2-1-3-5-7;1-10(2)8-5-3-4-7(9)6-8/h1-6H,(H3,10,11,12);3-6H,9H2,1-2H3. The van der Waals surface area contributed by atoms with Crippen molar-refractivity contribution in [2.24, 2.45) is 0 Å². The van der Waals surface area contributed by atoms with E-state index in [9.17, 15) is 0 Å². The highest BCUT2D eigenvalue weighted by Gasteiger charge is 1.99. The van der Waals surface area contributed by atoms with Crippen LogP contribution in [0.2, 0.25) is 0 Å². The van der Waals surface area contributed by atoms with Crippen LogP contribution >= 0.6 is 0 Å². The van der Waals surface area contributed by atoms with Gasteiger partial charge in [-0.25, -0.2) is 0 Å². The average molecular weight is 295 g/mol. The summed E-state index contributed by atoms with van der Waals surface area (Å²) in [5.74, 6) is 0.592. The number of aromatic nitrogens is 2. The van der Waals surface area contributed by atoms with Crippen LogP contribution in [0.1, 0.15) is 0 Å².